The van der Waals surface area contributed by atoms with Crippen LogP contribution in [0, 0.1) is 0 Å². The van der Waals surface area contributed by atoms with Crippen molar-refractivity contribution in [3.63, 3.8) is 0 Å². The molecule has 0 aromatic carbocycles. The first-order valence-corrected chi connectivity index (χ1v) is 5.93. The number of halogens is 1. The Morgan fingerprint density at radius 2 is 2.31 bits per heavy atom. The van der Waals surface area contributed by atoms with Gasteiger partial charge in [-0.2, -0.15) is 0 Å². The summed E-state index contributed by atoms with van der Waals surface area (Å²) in [5.74, 6) is 1.14. The third kappa shape index (κ3) is 4.53. The van der Waals surface area contributed by atoms with Gasteiger partial charge in [0.2, 0.25) is 0 Å². The van der Waals surface area contributed by atoms with Crippen molar-refractivity contribution in [3.05, 3.63) is 23.4 Å². The molecule has 0 bridgehead atoms. The molecule has 1 rings (SSSR count). The van der Waals surface area contributed by atoms with Gasteiger partial charge in [0.15, 0.2) is 0 Å². The molecule has 0 spiro atoms. The van der Waals surface area contributed by atoms with Gasteiger partial charge in [-0.1, -0.05) is 31.4 Å². The highest BCUT2D eigenvalue weighted by Gasteiger charge is 1.95. The Kier molecular flexibility index (Phi) is 5.25. The van der Waals surface area contributed by atoms with Crippen LogP contribution in [0.15, 0.2) is 23.4 Å². The van der Waals surface area contributed by atoms with Gasteiger partial charge in [0.05, 0.1) is 5.03 Å². The second-order valence-corrected chi connectivity index (χ2v) is 4.42. The lowest BCUT2D eigenvalue weighted by Crippen LogP contribution is -1.82. The summed E-state index contributed by atoms with van der Waals surface area (Å²) in [5.41, 5.74) is 0. The summed E-state index contributed by atoms with van der Waals surface area (Å²) in [5, 5.41) is 1.80. The molecule has 3 heteroatoms. The fraction of sp³-hybridized carbons (Fsp3) is 0.500. The molecule has 0 aliphatic carbocycles. The predicted molar refractivity (Wildman–Crippen MR) is 59.5 cm³/mol. The molecule has 0 radical (unpaired) electrons. The van der Waals surface area contributed by atoms with Gasteiger partial charge >= 0.3 is 0 Å². The summed E-state index contributed by atoms with van der Waals surface area (Å²) in [6.45, 7) is 2.21. The number of unbranched alkanes of at least 4 members (excludes halogenated alkanes) is 2. The minimum atomic E-state index is 0.771. The number of nitrogens with zero attached hydrogens (tertiary/aromatic N) is 1. The van der Waals surface area contributed by atoms with Crippen molar-refractivity contribution in [2.45, 2.75) is 31.2 Å². The molecule has 1 nitrogen and oxygen atoms in total. The van der Waals surface area contributed by atoms with Gasteiger partial charge in [-0.05, 0) is 24.3 Å². The molecule has 0 aliphatic rings. The zero-order valence-electron chi connectivity index (χ0n) is 7.79. The predicted octanol–water partition coefficient (Wildman–Crippen LogP) is 4.02. The summed E-state index contributed by atoms with van der Waals surface area (Å²) >= 11 is 7.61. The van der Waals surface area contributed by atoms with E-state index < -0.39 is 0 Å². The quantitative estimate of drug-likeness (QED) is 0.544. The summed E-state index contributed by atoms with van der Waals surface area (Å²) in [4.78, 5) is 4.22. The Bertz CT molecular complexity index is 252. The number of thioether (sulfide) groups is 1. The molecule has 0 N–H and O–H groups in total. The van der Waals surface area contributed by atoms with Crippen LogP contribution >= 0.6 is 23.4 Å². The third-order valence-electron chi connectivity index (χ3n) is 1.69. The lowest BCUT2D eigenvalue weighted by Gasteiger charge is -1.99. The highest BCUT2D eigenvalue weighted by Crippen LogP contribution is 2.19. The third-order valence-corrected chi connectivity index (χ3v) is 2.94. The normalized spacial score (nSPS) is 10.3. The molecular weight excluding hydrogens is 202 g/mol. The van der Waals surface area contributed by atoms with Gasteiger partial charge in [0.25, 0.3) is 0 Å². The summed E-state index contributed by atoms with van der Waals surface area (Å²) in [7, 11) is 0. The molecule has 0 fully saturated rings. The second-order valence-electron chi connectivity index (χ2n) is 2.87. The van der Waals surface area contributed by atoms with E-state index in [9.17, 15) is 0 Å². The molecule has 13 heavy (non-hydrogen) atoms. The number of hydrogen-bond acceptors (Lipinski definition) is 2. The average Bonchev–Trinajstić information content (AvgIpc) is 2.13. The van der Waals surface area contributed by atoms with E-state index >= 15 is 0 Å². The topological polar surface area (TPSA) is 12.9 Å². The highest BCUT2D eigenvalue weighted by atomic mass is 35.5. The Hall–Kier alpha value is -0.210. The number of rotatable bonds is 5. The SMILES string of the molecule is CCCCCSc1cc(Cl)ccn1. The average molecular weight is 216 g/mol. The maximum Gasteiger partial charge on any atom is 0.0974 e. The van der Waals surface area contributed by atoms with Crippen molar-refractivity contribution >= 4 is 23.4 Å². The van der Waals surface area contributed by atoms with E-state index in [0.29, 0.717) is 0 Å². The number of hydrogen-bond donors (Lipinski definition) is 0. The van der Waals surface area contributed by atoms with E-state index in [1.165, 1.54) is 19.3 Å². The van der Waals surface area contributed by atoms with Crippen LogP contribution in [-0.2, 0) is 0 Å². The van der Waals surface area contributed by atoms with E-state index in [4.69, 9.17) is 11.6 Å². The smallest absolute Gasteiger partial charge is 0.0974 e. The Labute approximate surface area is 88.9 Å². The monoisotopic (exact) mass is 215 g/mol. The summed E-state index contributed by atoms with van der Waals surface area (Å²) in [6, 6.07) is 3.72. The molecule has 0 unspecified atom stereocenters. The first kappa shape index (κ1) is 10.9. The molecule has 0 saturated heterocycles. The van der Waals surface area contributed by atoms with Crippen LogP contribution in [0.2, 0.25) is 5.02 Å². The first-order valence-electron chi connectivity index (χ1n) is 4.57. The largest absolute Gasteiger partial charge is 0.250 e. The van der Waals surface area contributed by atoms with Crippen molar-refractivity contribution in [1.82, 2.24) is 4.98 Å². The first-order chi connectivity index (χ1) is 6.33. The van der Waals surface area contributed by atoms with E-state index in [1.807, 2.05) is 6.07 Å². The van der Waals surface area contributed by atoms with Gasteiger partial charge in [0.1, 0.15) is 0 Å². The fourth-order valence-electron chi connectivity index (χ4n) is 0.993. The second kappa shape index (κ2) is 6.28. The molecular formula is C10H14ClNS. The maximum absolute atomic E-state index is 5.83. The van der Waals surface area contributed by atoms with E-state index in [0.717, 1.165) is 15.8 Å². The van der Waals surface area contributed by atoms with Gasteiger partial charge < -0.3 is 0 Å². The van der Waals surface area contributed by atoms with Crippen molar-refractivity contribution < 1.29 is 0 Å². The van der Waals surface area contributed by atoms with Crippen LogP contribution in [-0.4, -0.2) is 10.7 Å². The molecule has 0 amide bonds. The number of aromatic nitrogens is 1. The standard InChI is InChI=1S/C10H14ClNS/c1-2-3-4-7-13-10-8-9(11)5-6-12-10/h5-6,8H,2-4,7H2,1H3. The van der Waals surface area contributed by atoms with E-state index in [2.05, 4.69) is 11.9 Å². The van der Waals surface area contributed by atoms with Gasteiger partial charge in [0, 0.05) is 11.2 Å². The Morgan fingerprint density at radius 1 is 1.46 bits per heavy atom. The van der Waals surface area contributed by atoms with Crippen LogP contribution in [0.1, 0.15) is 26.2 Å². The summed E-state index contributed by atoms with van der Waals surface area (Å²) < 4.78 is 0. The maximum atomic E-state index is 5.83. The van der Waals surface area contributed by atoms with E-state index in [-0.39, 0.29) is 0 Å². The lowest BCUT2D eigenvalue weighted by atomic mass is 10.3. The highest BCUT2D eigenvalue weighted by molar-refractivity contribution is 7.99. The zero-order chi connectivity index (χ0) is 9.52. The zero-order valence-corrected chi connectivity index (χ0v) is 9.37. The molecule has 1 heterocycles. The van der Waals surface area contributed by atoms with Gasteiger partial charge in [-0.25, -0.2) is 4.98 Å². The van der Waals surface area contributed by atoms with Crippen molar-refractivity contribution in [1.29, 1.82) is 0 Å². The van der Waals surface area contributed by atoms with Crippen LogP contribution in [0.25, 0.3) is 0 Å². The van der Waals surface area contributed by atoms with Gasteiger partial charge in [-0.15, -0.1) is 11.8 Å². The van der Waals surface area contributed by atoms with Crippen molar-refractivity contribution in [2.24, 2.45) is 0 Å². The molecule has 0 atom stereocenters. The van der Waals surface area contributed by atoms with Crippen molar-refractivity contribution in [3.8, 4) is 0 Å². The fourth-order valence-corrected chi connectivity index (χ4v) is 2.12. The van der Waals surface area contributed by atoms with Crippen LogP contribution < -0.4 is 0 Å². The summed E-state index contributed by atoms with van der Waals surface area (Å²) in [6.07, 6.45) is 5.58. The molecule has 0 aliphatic heterocycles. The minimum absolute atomic E-state index is 0.771. The van der Waals surface area contributed by atoms with E-state index in [1.54, 1.807) is 24.0 Å². The van der Waals surface area contributed by atoms with Crippen LogP contribution in [0.4, 0.5) is 0 Å². The van der Waals surface area contributed by atoms with Gasteiger partial charge in [-0.3, -0.25) is 0 Å². The lowest BCUT2D eigenvalue weighted by molar-refractivity contribution is 0.778. The molecule has 72 valence electrons. The van der Waals surface area contributed by atoms with Crippen LogP contribution in [0.5, 0.6) is 0 Å². The van der Waals surface area contributed by atoms with Crippen molar-refractivity contribution in [2.75, 3.05) is 5.75 Å². The molecule has 1 aromatic heterocycles. The Balaban J connectivity index is 2.28. The Morgan fingerprint density at radius 3 is 3.00 bits per heavy atom. The van der Waals surface area contributed by atoms with Crippen LogP contribution in [0.3, 0.4) is 0 Å². The number of pyridine rings is 1. The molecule has 1 aromatic rings. The minimum Gasteiger partial charge on any atom is -0.250 e. The molecule has 0 saturated carbocycles.